The minimum absolute atomic E-state index is 0.0848. The Bertz CT molecular complexity index is 349. The van der Waals surface area contributed by atoms with Crippen LogP contribution in [0.1, 0.15) is 37.7 Å². The zero-order valence-corrected chi connectivity index (χ0v) is 10.6. The highest BCUT2D eigenvalue weighted by molar-refractivity contribution is 5.33. The van der Waals surface area contributed by atoms with Gasteiger partial charge in [0.25, 0.3) is 0 Å². The molecule has 1 fully saturated rings. The van der Waals surface area contributed by atoms with Gasteiger partial charge >= 0.3 is 0 Å². The van der Waals surface area contributed by atoms with Crippen LogP contribution in [0.4, 0.5) is 0 Å². The molecule has 0 heterocycles. The Morgan fingerprint density at radius 3 is 2.76 bits per heavy atom. The fourth-order valence-corrected chi connectivity index (χ4v) is 2.78. The van der Waals surface area contributed by atoms with E-state index in [0.29, 0.717) is 5.92 Å². The quantitative estimate of drug-likeness (QED) is 0.867. The van der Waals surface area contributed by atoms with Crippen LogP contribution in [0.3, 0.4) is 0 Å². The molecule has 1 aliphatic rings. The average molecular weight is 234 g/mol. The lowest BCUT2D eigenvalue weighted by molar-refractivity contribution is 0.0654. The molecule has 2 heteroatoms. The molecule has 0 saturated heterocycles. The zero-order chi connectivity index (χ0) is 12.1. The molecule has 0 amide bonds. The smallest absolute Gasteiger partial charge is 0.122 e. The number of para-hydroxylation sites is 1. The van der Waals surface area contributed by atoms with Gasteiger partial charge in [0.1, 0.15) is 5.75 Å². The number of methoxy groups -OCH3 is 1. The lowest BCUT2D eigenvalue weighted by Gasteiger charge is -2.27. The van der Waals surface area contributed by atoms with Gasteiger partial charge in [-0.3, -0.25) is 0 Å². The summed E-state index contributed by atoms with van der Waals surface area (Å²) in [6, 6.07) is 8.17. The highest BCUT2D eigenvalue weighted by Crippen LogP contribution is 2.29. The number of hydrogen-bond donors (Lipinski definition) is 1. The SMILES string of the molecule is COc1ccccc1CCC1CCCCC1O. The molecule has 2 unspecified atom stereocenters. The molecule has 1 aromatic carbocycles. The van der Waals surface area contributed by atoms with Crippen LogP contribution in [0.15, 0.2) is 24.3 Å². The van der Waals surface area contributed by atoms with Crippen LogP contribution < -0.4 is 4.74 Å². The molecule has 1 N–H and O–H groups in total. The van der Waals surface area contributed by atoms with Crippen molar-refractivity contribution in [2.24, 2.45) is 5.92 Å². The van der Waals surface area contributed by atoms with Crippen molar-refractivity contribution in [3.63, 3.8) is 0 Å². The Balaban J connectivity index is 1.92. The number of aliphatic hydroxyl groups excluding tert-OH is 1. The molecule has 2 rings (SSSR count). The van der Waals surface area contributed by atoms with Crippen LogP contribution >= 0.6 is 0 Å². The maximum Gasteiger partial charge on any atom is 0.122 e. The minimum atomic E-state index is -0.0848. The number of rotatable bonds is 4. The molecule has 17 heavy (non-hydrogen) atoms. The summed E-state index contributed by atoms with van der Waals surface area (Å²) in [5, 5.41) is 9.94. The van der Waals surface area contributed by atoms with Crippen LogP contribution in [-0.2, 0) is 6.42 Å². The number of hydrogen-bond acceptors (Lipinski definition) is 2. The summed E-state index contributed by atoms with van der Waals surface area (Å²) in [7, 11) is 1.72. The molecule has 2 atom stereocenters. The second-order valence-corrected chi connectivity index (χ2v) is 4.96. The van der Waals surface area contributed by atoms with Crippen molar-refractivity contribution < 1.29 is 9.84 Å². The van der Waals surface area contributed by atoms with Crippen LogP contribution in [0.5, 0.6) is 5.75 Å². The van der Waals surface area contributed by atoms with Gasteiger partial charge in [-0.1, -0.05) is 31.0 Å². The summed E-state index contributed by atoms with van der Waals surface area (Å²) in [4.78, 5) is 0. The van der Waals surface area contributed by atoms with E-state index in [2.05, 4.69) is 12.1 Å². The van der Waals surface area contributed by atoms with Crippen molar-refractivity contribution in [1.29, 1.82) is 0 Å². The molecule has 0 radical (unpaired) electrons. The van der Waals surface area contributed by atoms with Crippen molar-refractivity contribution in [2.75, 3.05) is 7.11 Å². The molecule has 0 bridgehead atoms. The van der Waals surface area contributed by atoms with Crippen molar-refractivity contribution in [2.45, 2.75) is 44.6 Å². The molecular formula is C15H22O2. The zero-order valence-electron chi connectivity index (χ0n) is 10.6. The Labute approximate surface area is 104 Å². The fraction of sp³-hybridized carbons (Fsp3) is 0.600. The van der Waals surface area contributed by atoms with E-state index in [1.807, 2.05) is 12.1 Å². The van der Waals surface area contributed by atoms with E-state index in [-0.39, 0.29) is 6.10 Å². The summed E-state index contributed by atoms with van der Waals surface area (Å²) in [5.74, 6) is 1.45. The molecule has 1 saturated carbocycles. The maximum absolute atomic E-state index is 9.94. The molecule has 0 spiro atoms. The first-order valence-corrected chi connectivity index (χ1v) is 6.61. The van der Waals surface area contributed by atoms with E-state index in [0.717, 1.165) is 25.0 Å². The largest absolute Gasteiger partial charge is 0.496 e. The van der Waals surface area contributed by atoms with Crippen molar-refractivity contribution in [3.05, 3.63) is 29.8 Å². The number of ether oxygens (including phenoxy) is 1. The lowest BCUT2D eigenvalue weighted by Crippen LogP contribution is -2.24. The predicted octanol–water partition coefficient (Wildman–Crippen LogP) is 3.18. The van der Waals surface area contributed by atoms with Gasteiger partial charge < -0.3 is 9.84 Å². The van der Waals surface area contributed by atoms with Gasteiger partial charge in [0.2, 0.25) is 0 Å². The van der Waals surface area contributed by atoms with Crippen LogP contribution in [0.2, 0.25) is 0 Å². The summed E-state index contributed by atoms with van der Waals surface area (Å²) in [6.07, 6.45) is 6.61. The van der Waals surface area contributed by atoms with E-state index >= 15 is 0 Å². The van der Waals surface area contributed by atoms with E-state index in [4.69, 9.17) is 4.74 Å². The fourth-order valence-electron chi connectivity index (χ4n) is 2.78. The second kappa shape index (κ2) is 6.06. The summed E-state index contributed by atoms with van der Waals surface area (Å²) in [6.45, 7) is 0. The molecule has 0 aliphatic heterocycles. The Kier molecular flexibility index (Phi) is 4.43. The summed E-state index contributed by atoms with van der Waals surface area (Å²) in [5.41, 5.74) is 1.26. The molecule has 1 aliphatic carbocycles. The van der Waals surface area contributed by atoms with Gasteiger partial charge in [-0.15, -0.1) is 0 Å². The van der Waals surface area contributed by atoms with Gasteiger partial charge in [-0.05, 0) is 43.2 Å². The Morgan fingerprint density at radius 1 is 1.24 bits per heavy atom. The Morgan fingerprint density at radius 2 is 2.00 bits per heavy atom. The first kappa shape index (κ1) is 12.4. The van der Waals surface area contributed by atoms with Gasteiger partial charge in [-0.2, -0.15) is 0 Å². The van der Waals surface area contributed by atoms with E-state index in [1.54, 1.807) is 7.11 Å². The van der Waals surface area contributed by atoms with E-state index in [1.165, 1.54) is 24.8 Å². The molecule has 0 aromatic heterocycles. The standard InChI is InChI=1S/C15H22O2/c1-17-15-9-5-3-7-13(15)11-10-12-6-2-4-8-14(12)16/h3,5,7,9,12,14,16H,2,4,6,8,10-11H2,1H3. The van der Waals surface area contributed by atoms with Gasteiger partial charge in [0.15, 0.2) is 0 Å². The topological polar surface area (TPSA) is 29.5 Å². The third-order valence-electron chi connectivity index (χ3n) is 3.85. The van der Waals surface area contributed by atoms with Gasteiger partial charge in [0.05, 0.1) is 13.2 Å². The number of aryl methyl sites for hydroxylation is 1. The van der Waals surface area contributed by atoms with Gasteiger partial charge in [-0.25, -0.2) is 0 Å². The highest BCUT2D eigenvalue weighted by Gasteiger charge is 2.22. The van der Waals surface area contributed by atoms with Crippen molar-refractivity contribution in [1.82, 2.24) is 0 Å². The summed E-state index contributed by atoms with van der Waals surface area (Å²) < 4.78 is 5.35. The molecule has 2 nitrogen and oxygen atoms in total. The van der Waals surface area contributed by atoms with Gasteiger partial charge in [0, 0.05) is 0 Å². The number of benzene rings is 1. The second-order valence-electron chi connectivity index (χ2n) is 4.96. The third-order valence-corrected chi connectivity index (χ3v) is 3.85. The predicted molar refractivity (Wildman–Crippen MR) is 69.3 cm³/mol. The summed E-state index contributed by atoms with van der Waals surface area (Å²) >= 11 is 0. The van der Waals surface area contributed by atoms with E-state index < -0.39 is 0 Å². The monoisotopic (exact) mass is 234 g/mol. The van der Waals surface area contributed by atoms with Crippen LogP contribution in [-0.4, -0.2) is 18.3 Å². The molecule has 94 valence electrons. The number of aliphatic hydroxyl groups is 1. The van der Waals surface area contributed by atoms with E-state index in [9.17, 15) is 5.11 Å². The van der Waals surface area contributed by atoms with Crippen molar-refractivity contribution >= 4 is 0 Å². The normalized spacial score (nSPS) is 24.6. The first-order chi connectivity index (χ1) is 8.31. The molecular weight excluding hydrogens is 212 g/mol. The molecule has 1 aromatic rings. The van der Waals surface area contributed by atoms with Crippen molar-refractivity contribution in [3.8, 4) is 5.75 Å². The first-order valence-electron chi connectivity index (χ1n) is 6.61. The maximum atomic E-state index is 9.94. The van der Waals surface area contributed by atoms with Crippen LogP contribution in [0.25, 0.3) is 0 Å². The highest BCUT2D eigenvalue weighted by atomic mass is 16.5. The van der Waals surface area contributed by atoms with Crippen LogP contribution in [0, 0.1) is 5.92 Å². The minimum Gasteiger partial charge on any atom is -0.496 e. The average Bonchev–Trinajstić information content (AvgIpc) is 2.38. The third kappa shape index (κ3) is 3.22. The Hall–Kier alpha value is -1.02. The lowest BCUT2D eigenvalue weighted by atomic mass is 9.83.